The molecule has 3 rings (SSSR count). The van der Waals surface area contributed by atoms with Gasteiger partial charge in [0, 0.05) is 23.9 Å². The summed E-state index contributed by atoms with van der Waals surface area (Å²) in [6.45, 7) is 0.453. The van der Waals surface area contributed by atoms with Crippen molar-refractivity contribution in [3.8, 4) is 22.4 Å². The van der Waals surface area contributed by atoms with Crippen molar-refractivity contribution >= 4 is 0 Å². The number of nitrogens with zero attached hydrogens (tertiary/aromatic N) is 1. The van der Waals surface area contributed by atoms with Crippen LogP contribution in [-0.2, 0) is 12.7 Å². The van der Waals surface area contributed by atoms with Crippen LogP contribution in [0.4, 0.5) is 13.2 Å². The van der Waals surface area contributed by atoms with Crippen LogP contribution in [0, 0.1) is 0 Å². The van der Waals surface area contributed by atoms with Gasteiger partial charge >= 0.3 is 6.18 Å². The molecule has 0 saturated heterocycles. The van der Waals surface area contributed by atoms with Crippen molar-refractivity contribution in [3.05, 3.63) is 78.0 Å². The van der Waals surface area contributed by atoms with Crippen molar-refractivity contribution in [2.24, 2.45) is 5.73 Å². The number of pyridine rings is 1. The van der Waals surface area contributed by atoms with Gasteiger partial charge in [-0.15, -0.1) is 0 Å². The lowest BCUT2D eigenvalue weighted by Gasteiger charge is -2.11. The summed E-state index contributed by atoms with van der Waals surface area (Å²) in [5, 5.41) is 0. The molecule has 1 heterocycles. The van der Waals surface area contributed by atoms with E-state index in [1.165, 1.54) is 12.1 Å². The van der Waals surface area contributed by atoms with E-state index in [0.29, 0.717) is 12.1 Å². The Labute approximate surface area is 137 Å². The number of rotatable bonds is 3. The third kappa shape index (κ3) is 3.31. The minimum atomic E-state index is -4.34. The van der Waals surface area contributed by atoms with Crippen LogP contribution in [0.15, 0.2) is 66.9 Å². The zero-order valence-corrected chi connectivity index (χ0v) is 12.7. The molecule has 2 nitrogen and oxygen atoms in total. The number of halogens is 3. The molecule has 3 aromatic rings. The summed E-state index contributed by atoms with van der Waals surface area (Å²) in [6, 6.07) is 16.4. The molecule has 0 aliphatic heterocycles. The number of alkyl halides is 3. The van der Waals surface area contributed by atoms with Crippen molar-refractivity contribution in [1.82, 2.24) is 4.98 Å². The molecule has 0 saturated carbocycles. The van der Waals surface area contributed by atoms with E-state index in [1.54, 1.807) is 12.3 Å². The first-order chi connectivity index (χ1) is 11.5. The summed E-state index contributed by atoms with van der Waals surface area (Å²) in [5.74, 6) is 0. The first kappa shape index (κ1) is 16.2. The number of benzene rings is 2. The normalized spacial score (nSPS) is 11.5. The van der Waals surface area contributed by atoms with Crippen molar-refractivity contribution in [2.75, 3.05) is 0 Å². The largest absolute Gasteiger partial charge is 0.416 e. The molecule has 0 bridgehead atoms. The first-order valence-electron chi connectivity index (χ1n) is 7.41. The number of hydrogen-bond donors (Lipinski definition) is 1. The van der Waals surface area contributed by atoms with Crippen molar-refractivity contribution < 1.29 is 13.2 Å². The Kier molecular flexibility index (Phi) is 4.36. The Morgan fingerprint density at radius 3 is 2.04 bits per heavy atom. The Morgan fingerprint density at radius 2 is 1.46 bits per heavy atom. The van der Waals surface area contributed by atoms with Crippen LogP contribution in [0.1, 0.15) is 11.1 Å². The summed E-state index contributed by atoms with van der Waals surface area (Å²) >= 11 is 0. The minimum Gasteiger partial charge on any atom is -0.326 e. The van der Waals surface area contributed by atoms with E-state index in [9.17, 15) is 13.2 Å². The standard InChI is InChI=1S/C19H15F3N2/c20-19(21,22)16-9-7-14(8-10-16)17-2-1-11-24-18(17)15-5-3-13(12-23)4-6-15/h1-11H,12,23H2. The summed E-state index contributed by atoms with van der Waals surface area (Å²) in [4.78, 5) is 4.40. The second-order valence-electron chi connectivity index (χ2n) is 5.38. The van der Waals surface area contributed by atoms with Crippen LogP contribution >= 0.6 is 0 Å². The fraction of sp³-hybridized carbons (Fsp3) is 0.105. The molecule has 0 aliphatic carbocycles. The molecule has 2 aromatic carbocycles. The molecule has 0 spiro atoms. The van der Waals surface area contributed by atoms with Crippen LogP contribution in [0.25, 0.3) is 22.4 Å². The molecule has 0 atom stereocenters. The Hall–Kier alpha value is -2.66. The topological polar surface area (TPSA) is 38.9 Å². The van der Waals surface area contributed by atoms with Gasteiger partial charge in [-0.2, -0.15) is 13.2 Å². The predicted octanol–water partition coefficient (Wildman–Crippen LogP) is 4.89. The fourth-order valence-electron chi connectivity index (χ4n) is 2.51. The highest BCUT2D eigenvalue weighted by molar-refractivity contribution is 5.80. The van der Waals surface area contributed by atoms with Crippen LogP contribution in [-0.4, -0.2) is 4.98 Å². The van der Waals surface area contributed by atoms with Gasteiger partial charge in [0.15, 0.2) is 0 Å². The summed E-state index contributed by atoms with van der Waals surface area (Å²) in [7, 11) is 0. The first-order valence-corrected chi connectivity index (χ1v) is 7.41. The van der Waals surface area contributed by atoms with Crippen LogP contribution in [0.2, 0.25) is 0 Å². The molecule has 0 radical (unpaired) electrons. The molecule has 0 fully saturated rings. The molecule has 1 aromatic heterocycles. The summed E-state index contributed by atoms with van der Waals surface area (Å²) in [6.07, 6.45) is -2.67. The van der Waals surface area contributed by atoms with Gasteiger partial charge in [0.2, 0.25) is 0 Å². The maximum Gasteiger partial charge on any atom is 0.416 e. The van der Waals surface area contributed by atoms with Crippen LogP contribution < -0.4 is 5.73 Å². The monoisotopic (exact) mass is 328 g/mol. The highest BCUT2D eigenvalue weighted by Gasteiger charge is 2.30. The van der Waals surface area contributed by atoms with Crippen molar-refractivity contribution in [2.45, 2.75) is 12.7 Å². The van der Waals surface area contributed by atoms with E-state index in [0.717, 1.165) is 34.5 Å². The van der Waals surface area contributed by atoms with Gasteiger partial charge in [-0.05, 0) is 29.3 Å². The van der Waals surface area contributed by atoms with E-state index in [1.807, 2.05) is 30.3 Å². The van der Waals surface area contributed by atoms with Gasteiger partial charge < -0.3 is 5.73 Å². The number of nitrogens with two attached hydrogens (primary N) is 1. The lowest BCUT2D eigenvalue weighted by molar-refractivity contribution is -0.137. The van der Waals surface area contributed by atoms with Crippen LogP contribution in [0.5, 0.6) is 0 Å². The van der Waals surface area contributed by atoms with E-state index in [2.05, 4.69) is 4.98 Å². The lowest BCUT2D eigenvalue weighted by Crippen LogP contribution is -2.04. The quantitative estimate of drug-likeness (QED) is 0.743. The summed E-state index contributed by atoms with van der Waals surface area (Å²) < 4.78 is 38.1. The van der Waals surface area contributed by atoms with Crippen LogP contribution in [0.3, 0.4) is 0 Å². The lowest BCUT2D eigenvalue weighted by atomic mass is 9.98. The fourth-order valence-corrected chi connectivity index (χ4v) is 2.51. The van der Waals surface area contributed by atoms with Gasteiger partial charge in [-0.3, -0.25) is 4.98 Å². The highest BCUT2D eigenvalue weighted by atomic mass is 19.4. The molecule has 5 heteroatoms. The number of aromatic nitrogens is 1. The van der Waals surface area contributed by atoms with E-state index < -0.39 is 11.7 Å². The third-order valence-electron chi connectivity index (χ3n) is 3.79. The zero-order chi connectivity index (χ0) is 17.2. The summed E-state index contributed by atoms with van der Waals surface area (Å²) in [5.41, 5.74) is 9.03. The van der Waals surface area contributed by atoms with Gasteiger partial charge in [-0.1, -0.05) is 42.5 Å². The maximum absolute atomic E-state index is 12.7. The SMILES string of the molecule is NCc1ccc(-c2ncccc2-c2ccc(C(F)(F)F)cc2)cc1. The second-order valence-corrected chi connectivity index (χ2v) is 5.38. The zero-order valence-electron chi connectivity index (χ0n) is 12.7. The van der Waals surface area contributed by atoms with E-state index in [-0.39, 0.29) is 0 Å². The smallest absolute Gasteiger partial charge is 0.326 e. The maximum atomic E-state index is 12.7. The Bertz CT molecular complexity index is 822. The Morgan fingerprint density at radius 1 is 0.833 bits per heavy atom. The van der Waals surface area contributed by atoms with Gasteiger partial charge in [0.05, 0.1) is 11.3 Å². The molecule has 2 N–H and O–H groups in total. The minimum absolute atomic E-state index is 0.453. The molecule has 0 unspecified atom stereocenters. The predicted molar refractivity (Wildman–Crippen MR) is 88.0 cm³/mol. The molecular formula is C19H15F3N2. The van der Waals surface area contributed by atoms with Gasteiger partial charge in [-0.25, -0.2) is 0 Å². The molecule has 0 aliphatic rings. The number of hydrogen-bond acceptors (Lipinski definition) is 2. The molecular weight excluding hydrogens is 313 g/mol. The van der Waals surface area contributed by atoms with E-state index >= 15 is 0 Å². The van der Waals surface area contributed by atoms with E-state index in [4.69, 9.17) is 5.73 Å². The molecule has 122 valence electrons. The second kappa shape index (κ2) is 6.45. The van der Waals surface area contributed by atoms with Crippen molar-refractivity contribution in [3.63, 3.8) is 0 Å². The van der Waals surface area contributed by atoms with Crippen molar-refractivity contribution in [1.29, 1.82) is 0 Å². The molecule has 24 heavy (non-hydrogen) atoms. The van der Waals surface area contributed by atoms with Gasteiger partial charge in [0.1, 0.15) is 0 Å². The Balaban J connectivity index is 2.02. The highest BCUT2D eigenvalue weighted by Crippen LogP contribution is 2.34. The van der Waals surface area contributed by atoms with Gasteiger partial charge in [0.25, 0.3) is 0 Å². The average molecular weight is 328 g/mol. The average Bonchev–Trinajstić information content (AvgIpc) is 2.61. The molecule has 0 amide bonds. The third-order valence-corrected chi connectivity index (χ3v) is 3.79.